The molecule has 100 valence electrons. The molecule has 2 aliphatic rings. The lowest BCUT2D eigenvalue weighted by atomic mass is 9.74. The maximum absolute atomic E-state index is 5.62. The molecule has 1 atom stereocenters. The highest BCUT2D eigenvalue weighted by atomic mass is 79.9. The first-order chi connectivity index (χ1) is 8.76. The van der Waals surface area contributed by atoms with E-state index in [2.05, 4.69) is 32.2 Å². The molecular formula is C14H21BrN2O. The van der Waals surface area contributed by atoms with E-state index in [9.17, 15) is 0 Å². The summed E-state index contributed by atoms with van der Waals surface area (Å²) in [5.74, 6) is 1.07. The summed E-state index contributed by atoms with van der Waals surface area (Å²) in [6.45, 7) is 5.78. The smallest absolute Gasteiger partial charge is 0.169 e. The van der Waals surface area contributed by atoms with E-state index in [0.717, 1.165) is 17.0 Å². The van der Waals surface area contributed by atoms with Crippen molar-refractivity contribution in [2.24, 2.45) is 5.41 Å². The largest absolute Gasteiger partial charge is 0.453 e. The zero-order valence-corrected chi connectivity index (χ0v) is 12.3. The number of halogens is 1. The first-order valence-electron chi connectivity index (χ1n) is 6.93. The van der Waals surface area contributed by atoms with Crippen molar-refractivity contribution in [2.75, 3.05) is 26.2 Å². The van der Waals surface area contributed by atoms with Gasteiger partial charge in [-0.25, -0.2) is 0 Å². The van der Waals surface area contributed by atoms with Crippen LogP contribution in [0, 0.1) is 5.41 Å². The molecule has 2 saturated heterocycles. The lowest BCUT2D eigenvalue weighted by Gasteiger charge is -2.45. The van der Waals surface area contributed by atoms with E-state index in [0.29, 0.717) is 5.41 Å². The van der Waals surface area contributed by atoms with Crippen LogP contribution < -0.4 is 5.32 Å². The van der Waals surface area contributed by atoms with E-state index in [-0.39, 0.29) is 0 Å². The van der Waals surface area contributed by atoms with Gasteiger partial charge in [-0.15, -0.1) is 0 Å². The third-order valence-electron chi connectivity index (χ3n) is 4.31. The zero-order chi connectivity index (χ0) is 12.4. The van der Waals surface area contributed by atoms with Crippen LogP contribution in [0.2, 0.25) is 0 Å². The van der Waals surface area contributed by atoms with Gasteiger partial charge < -0.3 is 9.73 Å². The minimum atomic E-state index is 0.528. The van der Waals surface area contributed by atoms with Crippen molar-refractivity contribution < 1.29 is 4.42 Å². The van der Waals surface area contributed by atoms with Gasteiger partial charge in [0.05, 0.1) is 6.54 Å². The number of hydrogen-bond acceptors (Lipinski definition) is 3. The quantitative estimate of drug-likeness (QED) is 0.910. The SMILES string of the molecule is Brc1ccc(CN2CCCC3(CCCNC3)C2)o1. The number of hydrogen-bond donors (Lipinski definition) is 1. The van der Waals surface area contributed by atoms with Crippen molar-refractivity contribution in [3.63, 3.8) is 0 Å². The second-order valence-corrected chi connectivity index (χ2v) is 6.58. The van der Waals surface area contributed by atoms with Crippen molar-refractivity contribution >= 4 is 15.9 Å². The Morgan fingerprint density at radius 1 is 1.33 bits per heavy atom. The van der Waals surface area contributed by atoms with E-state index in [4.69, 9.17) is 4.42 Å². The van der Waals surface area contributed by atoms with E-state index >= 15 is 0 Å². The predicted molar refractivity (Wildman–Crippen MR) is 75.5 cm³/mol. The average Bonchev–Trinajstić information content (AvgIpc) is 2.76. The number of rotatable bonds is 2. The van der Waals surface area contributed by atoms with Crippen LogP contribution in [0.3, 0.4) is 0 Å². The van der Waals surface area contributed by atoms with Gasteiger partial charge in [0.2, 0.25) is 0 Å². The summed E-state index contributed by atoms with van der Waals surface area (Å²) in [4.78, 5) is 2.56. The fraction of sp³-hybridized carbons (Fsp3) is 0.714. The molecule has 0 bridgehead atoms. The van der Waals surface area contributed by atoms with Gasteiger partial charge >= 0.3 is 0 Å². The average molecular weight is 313 g/mol. The molecule has 1 unspecified atom stereocenters. The summed E-state index contributed by atoms with van der Waals surface area (Å²) >= 11 is 3.37. The molecule has 1 aromatic rings. The Hall–Kier alpha value is -0.320. The zero-order valence-electron chi connectivity index (χ0n) is 10.8. The van der Waals surface area contributed by atoms with Crippen LogP contribution in [-0.4, -0.2) is 31.1 Å². The van der Waals surface area contributed by atoms with Gasteiger partial charge in [0.25, 0.3) is 0 Å². The van der Waals surface area contributed by atoms with Crippen LogP contribution in [0.5, 0.6) is 0 Å². The van der Waals surface area contributed by atoms with Gasteiger partial charge in [-0.2, -0.15) is 0 Å². The number of furan rings is 1. The minimum Gasteiger partial charge on any atom is -0.453 e. The van der Waals surface area contributed by atoms with Crippen molar-refractivity contribution in [3.05, 3.63) is 22.6 Å². The number of nitrogens with one attached hydrogen (secondary N) is 1. The highest BCUT2D eigenvalue weighted by Crippen LogP contribution is 2.36. The number of piperidine rings is 2. The second-order valence-electron chi connectivity index (χ2n) is 5.80. The molecule has 1 aromatic heterocycles. The Morgan fingerprint density at radius 3 is 2.94 bits per heavy atom. The minimum absolute atomic E-state index is 0.528. The molecule has 0 amide bonds. The third-order valence-corrected chi connectivity index (χ3v) is 4.74. The Labute approximate surface area is 117 Å². The van der Waals surface area contributed by atoms with Crippen LogP contribution >= 0.6 is 15.9 Å². The van der Waals surface area contributed by atoms with Gasteiger partial charge in [0.15, 0.2) is 4.67 Å². The van der Waals surface area contributed by atoms with Crippen LogP contribution in [0.1, 0.15) is 31.4 Å². The molecule has 2 fully saturated rings. The Bertz CT molecular complexity index is 393. The molecule has 1 spiro atoms. The molecule has 0 radical (unpaired) electrons. The standard InChI is InChI=1S/C14H21BrN2O/c15-13-4-3-12(18-13)9-17-8-2-6-14(11-17)5-1-7-16-10-14/h3-4,16H,1-2,5-11H2. The van der Waals surface area contributed by atoms with Gasteiger partial charge in [0.1, 0.15) is 5.76 Å². The maximum atomic E-state index is 5.62. The molecule has 18 heavy (non-hydrogen) atoms. The molecule has 0 aliphatic carbocycles. The van der Waals surface area contributed by atoms with Crippen molar-refractivity contribution in [1.29, 1.82) is 0 Å². The molecular weight excluding hydrogens is 292 g/mol. The van der Waals surface area contributed by atoms with Crippen LogP contribution in [0.15, 0.2) is 21.2 Å². The Kier molecular flexibility index (Phi) is 3.78. The number of nitrogens with zero attached hydrogens (tertiary/aromatic N) is 1. The topological polar surface area (TPSA) is 28.4 Å². The monoisotopic (exact) mass is 312 g/mol. The summed E-state index contributed by atoms with van der Waals surface area (Å²) < 4.78 is 6.46. The highest BCUT2D eigenvalue weighted by Gasteiger charge is 2.36. The van der Waals surface area contributed by atoms with E-state index < -0.39 is 0 Å². The Balaban J connectivity index is 1.63. The molecule has 0 saturated carbocycles. The summed E-state index contributed by atoms with van der Waals surface area (Å²) in [7, 11) is 0. The number of likely N-dealkylation sites (tertiary alicyclic amines) is 1. The van der Waals surface area contributed by atoms with E-state index in [1.165, 1.54) is 51.9 Å². The van der Waals surface area contributed by atoms with Gasteiger partial charge in [-0.3, -0.25) is 4.90 Å². The highest BCUT2D eigenvalue weighted by molar-refractivity contribution is 9.10. The summed E-state index contributed by atoms with van der Waals surface area (Å²) in [5, 5.41) is 3.58. The summed E-state index contributed by atoms with van der Waals surface area (Å²) in [6, 6.07) is 4.06. The summed E-state index contributed by atoms with van der Waals surface area (Å²) in [5.41, 5.74) is 0.528. The predicted octanol–water partition coefficient (Wildman–Crippen LogP) is 3.01. The fourth-order valence-corrected chi connectivity index (χ4v) is 3.82. The van der Waals surface area contributed by atoms with Crippen molar-refractivity contribution in [2.45, 2.75) is 32.2 Å². The first kappa shape index (κ1) is 12.7. The molecule has 0 aromatic carbocycles. The van der Waals surface area contributed by atoms with E-state index in [1.807, 2.05) is 6.07 Å². The molecule has 4 heteroatoms. The molecule has 3 heterocycles. The van der Waals surface area contributed by atoms with E-state index in [1.54, 1.807) is 0 Å². The lowest BCUT2D eigenvalue weighted by molar-refractivity contribution is 0.0559. The van der Waals surface area contributed by atoms with Crippen LogP contribution in [-0.2, 0) is 6.54 Å². The van der Waals surface area contributed by atoms with Gasteiger partial charge in [-0.05, 0) is 72.3 Å². The summed E-state index contributed by atoms with van der Waals surface area (Å²) in [6.07, 6.45) is 5.43. The molecule has 3 nitrogen and oxygen atoms in total. The third kappa shape index (κ3) is 2.81. The fourth-order valence-electron chi connectivity index (χ4n) is 3.48. The molecule has 3 rings (SSSR count). The van der Waals surface area contributed by atoms with Crippen molar-refractivity contribution in [3.8, 4) is 0 Å². The van der Waals surface area contributed by atoms with Crippen LogP contribution in [0.25, 0.3) is 0 Å². The first-order valence-corrected chi connectivity index (χ1v) is 7.72. The molecule has 2 aliphatic heterocycles. The molecule has 1 N–H and O–H groups in total. The van der Waals surface area contributed by atoms with Gasteiger partial charge in [0, 0.05) is 13.1 Å². The normalized spacial score (nSPS) is 29.8. The van der Waals surface area contributed by atoms with Gasteiger partial charge in [-0.1, -0.05) is 0 Å². The van der Waals surface area contributed by atoms with Crippen LogP contribution in [0.4, 0.5) is 0 Å². The lowest BCUT2D eigenvalue weighted by Crippen LogP contribution is -2.50. The van der Waals surface area contributed by atoms with Crippen molar-refractivity contribution in [1.82, 2.24) is 10.2 Å². The second kappa shape index (κ2) is 5.35. The maximum Gasteiger partial charge on any atom is 0.169 e. The Morgan fingerprint density at radius 2 is 2.22 bits per heavy atom.